The minimum Gasteiger partial charge on any atom is -0.384 e. The molecule has 20 heavy (non-hydrogen) atoms. The largest absolute Gasteiger partial charge is 0.384 e. The van der Waals surface area contributed by atoms with Gasteiger partial charge >= 0.3 is 0 Å². The van der Waals surface area contributed by atoms with Crippen molar-refractivity contribution in [3.8, 4) is 0 Å². The molecule has 4 heteroatoms. The highest BCUT2D eigenvalue weighted by Gasteiger charge is 2.13. The number of nitrogens with one attached hydrogen (secondary N) is 2. The van der Waals surface area contributed by atoms with Crippen molar-refractivity contribution in [2.75, 3.05) is 11.9 Å². The Hall–Kier alpha value is -2.36. The van der Waals surface area contributed by atoms with E-state index in [1.807, 2.05) is 37.4 Å². The van der Waals surface area contributed by atoms with Crippen LogP contribution in [0.4, 0.5) is 5.69 Å². The van der Waals surface area contributed by atoms with Gasteiger partial charge in [0, 0.05) is 36.7 Å². The first kappa shape index (κ1) is 12.7. The van der Waals surface area contributed by atoms with Crippen LogP contribution in [-0.4, -0.2) is 17.4 Å². The molecular formula is C16H17N3O. The van der Waals surface area contributed by atoms with Crippen molar-refractivity contribution in [2.45, 2.75) is 19.9 Å². The third kappa shape index (κ3) is 2.50. The fourth-order valence-corrected chi connectivity index (χ4v) is 2.42. The summed E-state index contributed by atoms with van der Waals surface area (Å²) in [5.74, 6) is -0.0316. The van der Waals surface area contributed by atoms with Gasteiger partial charge in [-0.05, 0) is 54.3 Å². The Morgan fingerprint density at radius 2 is 2.30 bits per heavy atom. The Balaban J connectivity index is 1.69. The van der Waals surface area contributed by atoms with E-state index >= 15 is 0 Å². The maximum absolute atomic E-state index is 12.2. The molecule has 1 aliphatic heterocycles. The van der Waals surface area contributed by atoms with Crippen LogP contribution < -0.4 is 10.6 Å². The van der Waals surface area contributed by atoms with Gasteiger partial charge in [0.1, 0.15) is 0 Å². The number of benzene rings is 1. The summed E-state index contributed by atoms with van der Waals surface area (Å²) < 4.78 is 0. The molecule has 0 saturated carbocycles. The smallest absolute Gasteiger partial charge is 0.251 e. The molecule has 2 heterocycles. The molecule has 3 rings (SSSR count). The SMILES string of the molecule is Cc1cnccc1CNC(=O)c1ccc2c(c1)CCN2. The topological polar surface area (TPSA) is 54.0 Å². The van der Waals surface area contributed by atoms with Crippen LogP contribution in [0.3, 0.4) is 0 Å². The summed E-state index contributed by atoms with van der Waals surface area (Å²) in [5.41, 5.74) is 5.27. The standard InChI is InChI=1S/C16H17N3O/c1-11-9-17-6-4-14(11)10-19-16(20)13-2-3-15-12(8-13)5-7-18-15/h2-4,6,8-9,18H,5,7,10H2,1H3,(H,19,20). The minimum atomic E-state index is -0.0316. The van der Waals surface area contributed by atoms with Crippen molar-refractivity contribution < 1.29 is 4.79 Å². The quantitative estimate of drug-likeness (QED) is 0.897. The second-order valence-electron chi connectivity index (χ2n) is 5.03. The van der Waals surface area contributed by atoms with E-state index in [-0.39, 0.29) is 5.91 Å². The Morgan fingerprint density at radius 3 is 3.15 bits per heavy atom. The highest BCUT2D eigenvalue weighted by atomic mass is 16.1. The van der Waals surface area contributed by atoms with Gasteiger partial charge in [-0.2, -0.15) is 0 Å². The number of amides is 1. The molecule has 1 aliphatic rings. The predicted molar refractivity (Wildman–Crippen MR) is 78.8 cm³/mol. The van der Waals surface area contributed by atoms with Crippen LogP contribution in [0, 0.1) is 6.92 Å². The number of nitrogens with zero attached hydrogens (tertiary/aromatic N) is 1. The van der Waals surface area contributed by atoms with Crippen LogP contribution in [0.25, 0.3) is 0 Å². The summed E-state index contributed by atoms with van der Waals surface area (Å²) in [6.07, 6.45) is 4.54. The van der Waals surface area contributed by atoms with Gasteiger partial charge in [0.25, 0.3) is 5.91 Å². The van der Waals surface area contributed by atoms with Gasteiger partial charge < -0.3 is 10.6 Å². The number of rotatable bonds is 3. The maximum Gasteiger partial charge on any atom is 0.251 e. The lowest BCUT2D eigenvalue weighted by atomic mass is 10.1. The molecule has 0 atom stereocenters. The van der Waals surface area contributed by atoms with Crippen LogP contribution >= 0.6 is 0 Å². The van der Waals surface area contributed by atoms with Crippen LogP contribution in [0.2, 0.25) is 0 Å². The Bertz CT molecular complexity index is 652. The predicted octanol–water partition coefficient (Wildman–Crippen LogP) is 2.29. The first-order valence-electron chi connectivity index (χ1n) is 6.78. The van der Waals surface area contributed by atoms with Crippen molar-refractivity contribution in [2.24, 2.45) is 0 Å². The Morgan fingerprint density at radius 1 is 1.40 bits per heavy atom. The van der Waals surface area contributed by atoms with Crippen LogP contribution in [-0.2, 0) is 13.0 Å². The molecule has 0 spiro atoms. The maximum atomic E-state index is 12.2. The van der Waals surface area contributed by atoms with Gasteiger partial charge in [-0.15, -0.1) is 0 Å². The molecule has 0 saturated heterocycles. The number of carbonyl (C=O) groups is 1. The van der Waals surface area contributed by atoms with Crippen molar-refractivity contribution in [1.82, 2.24) is 10.3 Å². The summed E-state index contributed by atoms with van der Waals surface area (Å²) in [7, 11) is 0. The van der Waals surface area contributed by atoms with Gasteiger partial charge in [0.05, 0.1) is 0 Å². The lowest BCUT2D eigenvalue weighted by Gasteiger charge is -2.08. The molecule has 4 nitrogen and oxygen atoms in total. The molecule has 1 amide bonds. The molecule has 1 aromatic carbocycles. The van der Waals surface area contributed by atoms with Crippen LogP contribution in [0.1, 0.15) is 27.0 Å². The minimum absolute atomic E-state index is 0.0316. The van der Waals surface area contributed by atoms with Gasteiger partial charge in [0.2, 0.25) is 0 Å². The number of fused-ring (bicyclic) bond motifs is 1. The Kier molecular flexibility index (Phi) is 3.37. The van der Waals surface area contributed by atoms with E-state index in [9.17, 15) is 4.79 Å². The zero-order valence-electron chi connectivity index (χ0n) is 11.4. The zero-order valence-corrected chi connectivity index (χ0v) is 11.4. The van der Waals surface area contributed by atoms with E-state index in [1.165, 1.54) is 5.56 Å². The molecule has 0 aliphatic carbocycles. The number of anilines is 1. The van der Waals surface area contributed by atoms with E-state index in [0.29, 0.717) is 6.54 Å². The lowest BCUT2D eigenvalue weighted by molar-refractivity contribution is 0.0951. The summed E-state index contributed by atoms with van der Waals surface area (Å²) in [6.45, 7) is 3.48. The lowest BCUT2D eigenvalue weighted by Crippen LogP contribution is -2.23. The third-order valence-electron chi connectivity index (χ3n) is 3.65. The van der Waals surface area contributed by atoms with Crippen molar-refractivity contribution in [1.29, 1.82) is 0 Å². The van der Waals surface area contributed by atoms with Crippen LogP contribution in [0.15, 0.2) is 36.7 Å². The number of carbonyl (C=O) groups excluding carboxylic acids is 1. The third-order valence-corrected chi connectivity index (χ3v) is 3.65. The van der Waals surface area contributed by atoms with E-state index in [2.05, 4.69) is 15.6 Å². The fraction of sp³-hybridized carbons (Fsp3) is 0.250. The fourth-order valence-electron chi connectivity index (χ4n) is 2.42. The van der Waals surface area contributed by atoms with Crippen molar-refractivity contribution in [3.63, 3.8) is 0 Å². The van der Waals surface area contributed by atoms with Crippen LogP contribution in [0.5, 0.6) is 0 Å². The second-order valence-corrected chi connectivity index (χ2v) is 5.03. The molecule has 0 radical (unpaired) electrons. The summed E-state index contributed by atoms with van der Waals surface area (Å²) in [6, 6.07) is 7.76. The average Bonchev–Trinajstić information content (AvgIpc) is 2.93. The molecule has 102 valence electrons. The molecule has 1 aromatic heterocycles. The molecule has 0 bridgehead atoms. The molecular weight excluding hydrogens is 250 g/mol. The van der Waals surface area contributed by atoms with Gasteiger partial charge in [0.15, 0.2) is 0 Å². The summed E-state index contributed by atoms with van der Waals surface area (Å²) in [4.78, 5) is 16.2. The number of hydrogen-bond acceptors (Lipinski definition) is 3. The van der Waals surface area contributed by atoms with E-state index in [1.54, 1.807) is 6.20 Å². The van der Waals surface area contributed by atoms with E-state index in [4.69, 9.17) is 0 Å². The molecule has 0 unspecified atom stereocenters. The molecule has 0 fully saturated rings. The number of aromatic nitrogens is 1. The second kappa shape index (κ2) is 5.33. The van der Waals surface area contributed by atoms with Gasteiger partial charge in [-0.1, -0.05) is 0 Å². The number of hydrogen-bond donors (Lipinski definition) is 2. The first-order chi connectivity index (χ1) is 9.74. The Labute approximate surface area is 118 Å². The van der Waals surface area contributed by atoms with Crippen molar-refractivity contribution >= 4 is 11.6 Å². The van der Waals surface area contributed by atoms with E-state index < -0.39 is 0 Å². The summed E-state index contributed by atoms with van der Waals surface area (Å²) in [5, 5.41) is 6.25. The number of pyridine rings is 1. The van der Waals surface area contributed by atoms with Gasteiger partial charge in [-0.3, -0.25) is 9.78 Å². The zero-order chi connectivity index (χ0) is 13.9. The van der Waals surface area contributed by atoms with E-state index in [0.717, 1.165) is 35.3 Å². The number of aryl methyl sites for hydroxylation is 1. The monoisotopic (exact) mass is 267 g/mol. The molecule has 2 N–H and O–H groups in total. The summed E-state index contributed by atoms with van der Waals surface area (Å²) >= 11 is 0. The highest BCUT2D eigenvalue weighted by Crippen LogP contribution is 2.22. The molecule has 2 aromatic rings. The van der Waals surface area contributed by atoms with Crippen molar-refractivity contribution in [3.05, 3.63) is 58.9 Å². The highest BCUT2D eigenvalue weighted by molar-refractivity contribution is 5.95. The first-order valence-corrected chi connectivity index (χ1v) is 6.78. The normalized spacial score (nSPS) is 12.7. The average molecular weight is 267 g/mol. The van der Waals surface area contributed by atoms with Gasteiger partial charge in [-0.25, -0.2) is 0 Å².